The Labute approximate surface area is 498 Å². The van der Waals surface area contributed by atoms with Gasteiger partial charge in [-0.25, -0.2) is 9.13 Å². The molecule has 0 fully saturated rings. The van der Waals surface area contributed by atoms with E-state index in [-0.39, 0.29) is 25.7 Å². The van der Waals surface area contributed by atoms with E-state index in [0.29, 0.717) is 25.7 Å². The zero-order valence-corrected chi connectivity index (χ0v) is 54.4. The van der Waals surface area contributed by atoms with E-state index in [0.717, 1.165) is 109 Å². The standard InChI is InChI=1S/C63H122O17P2/c1-6-9-12-15-18-21-22-23-24-25-28-34-39-44-49-63(68)80-59(53-74-61(66)47-42-37-33-29-26-27-30-35-40-45-56(4)5)55-78-82(71,72)76-51-57(64)50-75-81(69,70)77-54-58(79-62(67)48-43-38-32-20-17-14-11-8-3)52-73-60(65)46-41-36-31-19-16-13-10-7-2/h56-59,64H,6-55H2,1-5H3,(H,69,70)(H,71,72)/t57-,58+,59+/m0/s1. The highest BCUT2D eigenvalue weighted by Gasteiger charge is 2.30. The van der Waals surface area contributed by atoms with Crippen LogP contribution in [0.25, 0.3) is 0 Å². The monoisotopic (exact) mass is 1210 g/mol. The predicted octanol–water partition coefficient (Wildman–Crippen LogP) is 17.4. The molecular formula is C63H122O17P2. The molecule has 0 heterocycles. The van der Waals surface area contributed by atoms with Gasteiger partial charge in [-0.3, -0.25) is 37.3 Å². The normalized spacial score (nSPS) is 14.3. The maximum Gasteiger partial charge on any atom is 0.472 e. The number of phosphoric acid groups is 2. The van der Waals surface area contributed by atoms with Crippen LogP contribution >= 0.6 is 15.6 Å². The average Bonchev–Trinajstić information content (AvgIpc) is 3.45. The zero-order chi connectivity index (χ0) is 60.6. The van der Waals surface area contributed by atoms with E-state index in [9.17, 15) is 43.2 Å². The summed E-state index contributed by atoms with van der Waals surface area (Å²) in [5.41, 5.74) is 0. The summed E-state index contributed by atoms with van der Waals surface area (Å²) in [4.78, 5) is 72.0. The number of carbonyl (C=O) groups excluding carboxylic acids is 4. The summed E-state index contributed by atoms with van der Waals surface area (Å²) in [5, 5.41) is 10.5. The van der Waals surface area contributed by atoms with Gasteiger partial charge in [0.2, 0.25) is 0 Å². The Bertz CT molecular complexity index is 1600. The molecule has 5 atom stereocenters. The van der Waals surface area contributed by atoms with Gasteiger partial charge in [0, 0.05) is 25.7 Å². The van der Waals surface area contributed by atoms with E-state index < -0.39 is 97.5 Å². The third-order valence-electron chi connectivity index (χ3n) is 14.5. The first-order chi connectivity index (χ1) is 39.5. The molecule has 486 valence electrons. The Balaban J connectivity index is 5.21. The van der Waals surface area contributed by atoms with Crippen molar-refractivity contribution in [3.8, 4) is 0 Å². The van der Waals surface area contributed by atoms with Gasteiger partial charge in [-0.2, -0.15) is 0 Å². The molecule has 0 saturated carbocycles. The molecule has 19 heteroatoms. The van der Waals surface area contributed by atoms with Crippen molar-refractivity contribution in [1.82, 2.24) is 0 Å². The zero-order valence-electron chi connectivity index (χ0n) is 52.6. The van der Waals surface area contributed by atoms with Gasteiger partial charge in [-0.1, -0.05) is 266 Å². The molecule has 0 saturated heterocycles. The molecule has 0 aromatic carbocycles. The minimum absolute atomic E-state index is 0.105. The van der Waals surface area contributed by atoms with Crippen LogP contribution in [0.4, 0.5) is 0 Å². The Morgan fingerprint density at radius 3 is 0.829 bits per heavy atom. The summed E-state index contributed by atoms with van der Waals surface area (Å²) in [6.07, 6.45) is 40.4. The summed E-state index contributed by atoms with van der Waals surface area (Å²) in [5.74, 6) is -1.39. The Morgan fingerprint density at radius 1 is 0.329 bits per heavy atom. The van der Waals surface area contributed by atoms with E-state index in [2.05, 4.69) is 34.6 Å². The molecule has 2 unspecified atom stereocenters. The van der Waals surface area contributed by atoms with Crippen LogP contribution in [0.1, 0.15) is 317 Å². The van der Waals surface area contributed by atoms with E-state index in [1.165, 1.54) is 128 Å². The second-order valence-corrected chi connectivity index (χ2v) is 26.2. The van der Waals surface area contributed by atoms with Crippen molar-refractivity contribution < 1.29 is 80.2 Å². The number of aliphatic hydroxyl groups is 1. The number of carbonyl (C=O) groups is 4. The topological polar surface area (TPSA) is 237 Å². The fraction of sp³-hybridized carbons (Fsp3) is 0.937. The molecule has 0 aromatic heterocycles. The molecule has 82 heavy (non-hydrogen) atoms. The van der Waals surface area contributed by atoms with Crippen LogP contribution in [0.2, 0.25) is 0 Å². The summed E-state index contributed by atoms with van der Waals surface area (Å²) in [7, 11) is -9.88. The van der Waals surface area contributed by atoms with E-state index in [4.69, 9.17) is 37.0 Å². The van der Waals surface area contributed by atoms with Crippen molar-refractivity contribution in [3.05, 3.63) is 0 Å². The molecular weight excluding hydrogens is 1090 g/mol. The summed E-state index contributed by atoms with van der Waals surface area (Å²) in [6.45, 7) is 7.12. The molecule has 0 rings (SSSR count). The second-order valence-electron chi connectivity index (χ2n) is 23.3. The van der Waals surface area contributed by atoms with Crippen LogP contribution < -0.4 is 0 Å². The predicted molar refractivity (Wildman–Crippen MR) is 326 cm³/mol. The number of hydrogen-bond acceptors (Lipinski definition) is 15. The highest BCUT2D eigenvalue weighted by atomic mass is 31.2. The highest BCUT2D eigenvalue weighted by Crippen LogP contribution is 2.45. The van der Waals surface area contributed by atoms with Crippen LogP contribution in [0.15, 0.2) is 0 Å². The van der Waals surface area contributed by atoms with Crippen LogP contribution in [-0.2, 0) is 65.4 Å². The molecule has 0 radical (unpaired) electrons. The van der Waals surface area contributed by atoms with Crippen LogP contribution in [-0.4, -0.2) is 96.7 Å². The van der Waals surface area contributed by atoms with Gasteiger partial charge in [-0.15, -0.1) is 0 Å². The minimum atomic E-state index is -4.94. The molecule has 0 amide bonds. The molecule has 0 spiro atoms. The molecule has 17 nitrogen and oxygen atoms in total. The first-order valence-corrected chi connectivity index (χ1v) is 36.1. The number of phosphoric ester groups is 2. The lowest BCUT2D eigenvalue weighted by Gasteiger charge is -2.21. The quantitative estimate of drug-likeness (QED) is 0.0222. The lowest BCUT2D eigenvalue weighted by atomic mass is 10.0. The van der Waals surface area contributed by atoms with Crippen molar-refractivity contribution in [1.29, 1.82) is 0 Å². The third kappa shape index (κ3) is 57.2. The summed E-state index contributed by atoms with van der Waals surface area (Å²) >= 11 is 0. The van der Waals surface area contributed by atoms with Gasteiger partial charge in [0.1, 0.15) is 19.3 Å². The molecule has 3 N–H and O–H groups in total. The smallest absolute Gasteiger partial charge is 0.462 e. The van der Waals surface area contributed by atoms with Crippen molar-refractivity contribution in [3.63, 3.8) is 0 Å². The summed E-state index contributed by atoms with van der Waals surface area (Å²) in [6, 6.07) is 0. The van der Waals surface area contributed by atoms with Gasteiger partial charge in [-0.05, 0) is 31.6 Å². The van der Waals surface area contributed by atoms with Crippen molar-refractivity contribution >= 4 is 39.5 Å². The maximum atomic E-state index is 13.0. The van der Waals surface area contributed by atoms with Crippen molar-refractivity contribution in [2.24, 2.45) is 5.92 Å². The number of aliphatic hydroxyl groups excluding tert-OH is 1. The SMILES string of the molecule is CCCCCCCCCCCCCCCCC(=O)O[C@H](COC(=O)CCCCCCCCCCCC(C)C)COP(=O)(O)OC[C@@H](O)COP(=O)(O)OC[C@@H](COC(=O)CCCCCCCCCC)OC(=O)CCCCCCCCCC. The van der Waals surface area contributed by atoms with Crippen LogP contribution in [0.5, 0.6) is 0 Å². The lowest BCUT2D eigenvalue weighted by Crippen LogP contribution is -2.30. The third-order valence-corrected chi connectivity index (χ3v) is 16.4. The van der Waals surface area contributed by atoms with Crippen LogP contribution in [0, 0.1) is 5.92 Å². The largest absolute Gasteiger partial charge is 0.472 e. The second kappa shape index (κ2) is 56.8. The highest BCUT2D eigenvalue weighted by molar-refractivity contribution is 7.47. The number of unbranched alkanes of at least 4 members (excludes halogenated alkanes) is 35. The minimum Gasteiger partial charge on any atom is -0.462 e. The number of esters is 4. The Kier molecular flexibility index (Phi) is 55.5. The van der Waals surface area contributed by atoms with Crippen molar-refractivity contribution in [2.45, 2.75) is 335 Å². The van der Waals surface area contributed by atoms with E-state index in [1.807, 2.05) is 0 Å². The molecule has 0 aromatic rings. The van der Waals surface area contributed by atoms with Gasteiger partial charge in [0.15, 0.2) is 12.2 Å². The van der Waals surface area contributed by atoms with E-state index >= 15 is 0 Å². The van der Waals surface area contributed by atoms with Gasteiger partial charge in [0.25, 0.3) is 0 Å². The van der Waals surface area contributed by atoms with Gasteiger partial charge in [0.05, 0.1) is 26.4 Å². The first kappa shape index (κ1) is 80.1. The van der Waals surface area contributed by atoms with Crippen LogP contribution in [0.3, 0.4) is 0 Å². The van der Waals surface area contributed by atoms with Gasteiger partial charge >= 0.3 is 39.5 Å². The van der Waals surface area contributed by atoms with E-state index in [1.54, 1.807) is 0 Å². The Morgan fingerprint density at radius 2 is 0.561 bits per heavy atom. The molecule has 0 aliphatic carbocycles. The molecule has 0 bridgehead atoms. The van der Waals surface area contributed by atoms with Crippen molar-refractivity contribution in [2.75, 3.05) is 39.6 Å². The fourth-order valence-electron chi connectivity index (χ4n) is 9.41. The average molecular weight is 1210 g/mol. The number of hydrogen-bond donors (Lipinski definition) is 3. The number of ether oxygens (including phenoxy) is 4. The Hall–Kier alpha value is -1.94. The van der Waals surface area contributed by atoms with Gasteiger partial charge < -0.3 is 33.8 Å². The molecule has 0 aliphatic rings. The fourth-order valence-corrected chi connectivity index (χ4v) is 11.0. The summed E-state index contributed by atoms with van der Waals surface area (Å²) < 4.78 is 67.8. The maximum absolute atomic E-state index is 13.0. The lowest BCUT2D eigenvalue weighted by molar-refractivity contribution is -0.161. The number of rotatable bonds is 63. The first-order valence-electron chi connectivity index (χ1n) is 33.1. The molecule has 0 aliphatic heterocycles.